The van der Waals surface area contributed by atoms with Crippen molar-refractivity contribution in [1.29, 1.82) is 0 Å². The van der Waals surface area contributed by atoms with Crippen LogP contribution in [0.5, 0.6) is 0 Å². The lowest BCUT2D eigenvalue weighted by Gasteiger charge is -2.09. The molecule has 0 aliphatic rings. The number of hydrogen-bond donors (Lipinski definition) is 2. The van der Waals surface area contributed by atoms with E-state index in [2.05, 4.69) is 15.0 Å². The van der Waals surface area contributed by atoms with Gasteiger partial charge in [-0.25, -0.2) is 9.78 Å². The SMILES string of the molecule is COC(=O)c1ccc(NCc2nccs2)c(N)c1. The first-order valence-electron chi connectivity index (χ1n) is 5.31. The fourth-order valence-electron chi connectivity index (χ4n) is 1.48. The quantitative estimate of drug-likeness (QED) is 0.652. The molecule has 0 aliphatic heterocycles. The summed E-state index contributed by atoms with van der Waals surface area (Å²) in [5.74, 6) is -0.395. The van der Waals surface area contributed by atoms with E-state index in [4.69, 9.17) is 5.73 Å². The van der Waals surface area contributed by atoms with Crippen LogP contribution in [0.4, 0.5) is 11.4 Å². The van der Waals surface area contributed by atoms with E-state index in [1.165, 1.54) is 7.11 Å². The number of carbonyl (C=O) groups excluding carboxylic acids is 1. The molecule has 0 saturated carbocycles. The Morgan fingerprint density at radius 3 is 3.00 bits per heavy atom. The highest BCUT2D eigenvalue weighted by molar-refractivity contribution is 7.09. The lowest BCUT2D eigenvalue weighted by atomic mass is 10.1. The number of benzene rings is 1. The van der Waals surface area contributed by atoms with Crippen molar-refractivity contribution < 1.29 is 9.53 Å². The summed E-state index contributed by atoms with van der Waals surface area (Å²) >= 11 is 1.57. The maximum atomic E-state index is 11.3. The number of aromatic nitrogens is 1. The van der Waals surface area contributed by atoms with E-state index in [-0.39, 0.29) is 0 Å². The van der Waals surface area contributed by atoms with Crippen molar-refractivity contribution in [3.8, 4) is 0 Å². The third-order valence-electron chi connectivity index (χ3n) is 2.39. The third-order valence-corrected chi connectivity index (χ3v) is 3.17. The number of nitrogens with one attached hydrogen (secondary N) is 1. The average Bonchev–Trinajstić information content (AvgIpc) is 2.89. The third kappa shape index (κ3) is 2.78. The predicted octanol–water partition coefficient (Wildman–Crippen LogP) is 2.12. The molecule has 1 heterocycles. The van der Waals surface area contributed by atoms with E-state index in [0.717, 1.165) is 10.7 Å². The van der Waals surface area contributed by atoms with Gasteiger partial charge < -0.3 is 15.8 Å². The Morgan fingerprint density at radius 2 is 2.39 bits per heavy atom. The minimum absolute atomic E-state index is 0.395. The summed E-state index contributed by atoms with van der Waals surface area (Å²) in [5, 5.41) is 6.07. The smallest absolute Gasteiger partial charge is 0.337 e. The van der Waals surface area contributed by atoms with Gasteiger partial charge in [-0.15, -0.1) is 11.3 Å². The van der Waals surface area contributed by atoms with Crippen LogP contribution in [0.2, 0.25) is 0 Å². The maximum Gasteiger partial charge on any atom is 0.337 e. The molecule has 0 amide bonds. The molecular formula is C12H13N3O2S. The minimum Gasteiger partial charge on any atom is -0.465 e. The molecule has 0 bridgehead atoms. The number of thiazole rings is 1. The summed E-state index contributed by atoms with van der Waals surface area (Å²) in [5.41, 5.74) is 7.59. The van der Waals surface area contributed by atoms with Gasteiger partial charge in [0, 0.05) is 11.6 Å². The number of hydrogen-bond acceptors (Lipinski definition) is 6. The molecule has 0 atom stereocenters. The van der Waals surface area contributed by atoms with Gasteiger partial charge in [-0.1, -0.05) is 0 Å². The second-order valence-corrected chi connectivity index (χ2v) is 4.55. The molecule has 5 nitrogen and oxygen atoms in total. The zero-order chi connectivity index (χ0) is 13.0. The standard InChI is InChI=1S/C12H13N3O2S/c1-17-12(16)8-2-3-10(9(13)6-8)15-7-11-14-4-5-18-11/h2-6,15H,7,13H2,1H3. The van der Waals surface area contributed by atoms with Crippen LogP contribution in [-0.4, -0.2) is 18.1 Å². The van der Waals surface area contributed by atoms with Gasteiger partial charge in [-0.05, 0) is 18.2 Å². The highest BCUT2D eigenvalue weighted by Gasteiger charge is 2.08. The van der Waals surface area contributed by atoms with Gasteiger partial charge in [0.15, 0.2) is 0 Å². The van der Waals surface area contributed by atoms with Crippen LogP contribution in [0, 0.1) is 0 Å². The summed E-state index contributed by atoms with van der Waals surface area (Å²) in [6, 6.07) is 5.03. The van der Waals surface area contributed by atoms with Crippen molar-refractivity contribution in [3.05, 3.63) is 40.3 Å². The molecule has 6 heteroatoms. The minimum atomic E-state index is -0.395. The highest BCUT2D eigenvalue weighted by Crippen LogP contribution is 2.21. The van der Waals surface area contributed by atoms with Gasteiger partial charge in [0.2, 0.25) is 0 Å². The zero-order valence-corrected chi connectivity index (χ0v) is 10.7. The molecule has 0 fully saturated rings. The number of nitrogens with zero attached hydrogens (tertiary/aromatic N) is 1. The number of esters is 1. The van der Waals surface area contributed by atoms with Crippen LogP contribution >= 0.6 is 11.3 Å². The second kappa shape index (κ2) is 5.50. The van der Waals surface area contributed by atoms with Crippen molar-refractivity contribution in [3.63, 3.8) is 0 Å². The summed E-state index contributed by atoms with van der Waals surface area (Å²) in [6.45, 7) is 0.611. The molecule has 2 aromatic rings. The second-order valence-electron chi connectivity index (χ2n) is 3.57. The molecule has 0 saturated heterocycles. The van der Waals surface area contributed by atoms with Gasteiger partial charge in [0.25, 0.3) is 0 Å². The summed E-state index contributed by atoms with van der Waals surface area (Å²) in [6.07, 6.45) is 1.76. The van der Waals surface area contributed by atoms with Crippen molar-refractivity contribution in [2.75, 3.05) is 18.2 Å². The van der Waals surface area contributed by atoms with Crippen LogP contribution in [0.1, 0.15) is 15.4 Å². The van der Waals surface area contributed by atoms with Gasteiger partial charge in [0.1, 0.15) is 5.01 Å². The lowest BCUT2D eigenvalue weighted by molar-refractivity contribution is 0.0601. The molecule has 18 heavy (non-hydrogen) atoms. The first-order valence-corrected chi connectivity index (χ1v) is 6.18. The van der Waals surface area contributed by atoms with E-state index >= 15 is 0 Å². The molecule has 1 aromatic carbocycles. The van der Waals surface area contributed by atoms with Gasteiger partial charge in [-0.3, -0.25) is 0 Å². The first-order chi connectivity index (χ1) is 8.70. The number of carbonyl (C=O) groups is 1. The Labute approximate surface area is 109 Å². The van der Waals surface area contributed by atoms with Crippen LogP contribution in [0.25, 0.3) is 0 Å². The maximum absolute atomic E-state index is 11.3. The molecule has 1 aromatic heterocycles. The highest BCUT2D eigenvalue weighted by atomic mass is 32.1. The number of nitrogens with two attached hydrogens (primary N) is 1. The number of nitrogen functional groups attached to an aromatic ring is 1. The largest absolute Gasteiger partial charge is 0.465 e. The first kappa shape index (κ1) is 12.4. The Balaban J connectivity index is 2.08. The Bertz CT molecular complexity index is 540. The molecule has 0 aliphatic carbocycles. The van der Waals surface area contributed by atoms with Crippen LogP contribution < -0.4 is 11.1 Å². The van der Waals surface area contributed by atoms with E-state index in [1.54, 1.807) is 35.7 Å². The van der Waals surface area contributed by atoms with Crippen molar-refractivity contribution in [1.82, 2.24) is 4.98 Å². The molecule has 0 radical (unpaired) electrons. The van der Waals surface area contributed by atoms with Crippen LogP contribution in [0.3, 0.4) is 0 Å². The number of anilines is 2. The number of methoxy groups -OCH3 is 1. The molecule has 0 spiro atoms. The summed E-state index contributed by atoms with van der Waals surface area (Å²) < 4.78 is 4.63. The average molecular weight is 263 g/mol. The van der Waals surface area contributed by atoms with Gasteiger partial charge in [-0.2, -0.15) is 0 Å². The Kier molecular flexibility index (Phi) is 3.78. The Hall–Kier alpha value is -2.08. The predicted molar refractivity (Wildman–Crippen MR) is 71.6 cm³/mol. The zero-order valence-electron chi connectivity index (χ0n) is 9.84. The monoisotopic (exact) mass is 263 g/mol. The summed E-state index contributed by atoms with van der Waals surface area (Å²) in [7, 11) is 1.34. The van der Waals surface area contributed by atoms with Gasteiger partial charge in [0.05, 0.1) is 30.6 Å². The van der Waals surface area contributed by atoms with Crippen LogP contribution in [-0.2, 0) is 11.3 Å². The van der Waals surface area contributed by atoms with Gasteiger partial charge >= 0.3 is 5.97 Å². The fourth-order valence-corrected chi connectivity index (χ4v) is 2.04. The van der Waals surface area contributed by atoms with Crippen molar-refractivity contribution in [2.45, 2.75) is 6.54 Å². The van der Waals surface area contributed by atoms with E-state index in [1.807, 2.05) is 5.38 Å². The molecule has 0 unspecified atom stereocenters. The van der Waals surface area contributed by atoms with E-state index in [0.29, 0.717) is 17.8 Å². The topological polar surface area (TPSA) is 77.2 Å². The molecule has 94 valence electrons. The number of ether oxygens (including phenoxy) is 1. The number of rotatable bonds is 4. The van der Waals surface area contributed by atoms with E-state index in [9.17, 15) is 4.79 Å². The Morgan fingerprint density at radius 1 is 1.56 bits per heavy atom. The molecule has 3 N–H and O–H groups in total. The fraction of sp³-hybridized carbons (Fsp3) is 0.167. The normalized spacial score (nSPS) is 10.1. The van der Waals surface area contributed by atoms with Crippen molar-refractivity contribution in [2.24, 2.45) is 0 Å². The van der Waals surface area contributed by atoms with Crippen molar-refractivity contribution >= 4 is 28.7 Å². The molecule has 2 rings (SSSR count). The van der Waals surface area contributed by atoms with E-state index < -0.39 is 5.97 Å². The lowest BCUT2D eigenvalue weighted by Crippen LogP contribution is -2.05. The molecular weight excluding hydrogens is 250 g/mol. The van der Waals surface area contributed by atoms with Crippen LogP contribution in [0.15, 0.2) is 29.8 Å². The summed E-state index contributed by atoms with van der Waals surface area (Å²) in [4.78, 5) is 15.5.